The number of nitrogens with one attached hydrogen (secondary N) is 1. The van der Waals surface area contributed by atoms with E-state index in [9.17, 15) is 13.2 Å². The molecule has 0 fully saturated rings. The maximum Gasteiger partial charge on any atom is 0.308 e. The highest BCUT2D eigenvalue weighted by Gasteiger charge is 2.15. The van der Waals surface area contributed by atoms with Crippen LogP contribution in [0.2, 0.25) is 0 Å². The van der Waals surface area contributed by atoms with Gasteiger partial charge in [0.15, 0.2) is 6.10 Å². The van der Waals surface area contributed by atoms with E-state index in [1.54, 1.807) is 18.2 Å². The molecule has 1 aromatic rings. The van der Waals surface area contributed by atoms with E-state index in [-0.39, 0.29) is 17.9 Å². The SMILES string of the molecule is Cc1ccc(S(=O)(=O)NCCC(=O)O[C@@H](C)C#N)cc1. The zero-order valence-corrected chi connectivity index (χ0v) is 12.1. The number of hydrogen-bond donors (Lipinski definition) is 1. The maximum atomic E-state index is 11.9. The lowest BCUT2D eigenvalue weighted by Crippen LogP contribution is -2.27. The van der Waals surface area contributed by atoms with Crippen LogP contribution in [-0.4, -0.2) is 27.0 Å². The summed E-state index contributed by atoms with van der Waals surface area (Å²) in [5, 5.41) is 8.47. The minimum Gasteiger partial charge on any atom is -0.447 e. The quantitative estimate of drug-likeness (QED) is 0.793. The molecule has 0 saturated heterocycles. The van der Waals surface area contributed by atoms with Crippen LogP contribution >= 0.6 is 0 Å². The third kappa shape index (κ3) is 4.99. The Labute approximate surface area is 118 Å². The van der Waals surface area contributed by atoms with Crippen LogP contribution < -0.4 is 4.72 Å². The predicted octanol–water partition coefficient (Wildman–Crippen LogP) is 1.12. The number of nitriles is 1. The summed E-state index contributed by atoms with van der Waals surface area (Å²) in [5.41, 5.74) is 0.956. The number of ether oxygens (including phenoxy) is 1. The second kappa shape index (κ2) is 7.03. The molecule has 1 N–H and O–H groups in total. The third-order valence-electron chi connectivity index (χ3n) is 2.44. The first kappa shape index (κ1) is 16.1. The summed E-state index contributed by atoms with van der Waals surface area (Å²) in [5.74, 6) is -0.620. The van der Waals surface area contributed by atoms with Crippen molar-refractivity contribution >= 4 is 16.0 Å². The molecule has 0 aliphatic carbocycles. The Kier molecular flexibility index (Phi) is 5.67. The van der Waals surface area contributed by atoms with Gasteiger partial charge in [-0.3, -0.25) is 4.79 Å². The number of sulfonamides is 1. The number of esters is 1. The average Bonchev–Trinajstić information content (AvgIpc) is 2.38. The van der Waals surface area contributed by atoms with Gasteiger partial charge < -0.3 is 4.74 Å². The fourth-order valence-electron chi connectivity index (χ4n) is 1.37. The van der Waals surface area contributed by atoms with Crippen LogP contribution in [0.25, 0.3) is 0 Å². The normalized spacial score (nSPS) is 12.4. The van der Waals surface area contributed by atoms with Crippen LogP contribution in [0.15, 0.2) is 29.2 Å². The van der Waals surface area contributed by atoms with Crippen LogP contribution in [0, 0.1) is 18.3 Å². The minimum absolute atomic E-state index is 0.0762. The molecule has 0 spiro atoms. The van der Waals surface area contributed by atoms with E-state index in [1.165, 1.54) is 19.1 Å². The zero-order chi connectivity index (χ0) is 15.2. The Hall–Kier alpha value is -1.91. The fraction of sp³-hybridized carbons (Fsp3) is 0.385. The molecule has 0 unspecified atom stereocenters. The van der Waals surface area contributed by atoms with E-state index < -0.39 is 22.1 Å². The number of benzene rings is 1. The molecular formula is C13H16N2O4S. The summed E-state index contributed by atoms with van der Waals surface area (Å²) in [6.45, 7) is 3.22. The lowest BCUT2D eigenvalue weighted by molar-refractivity contribution is -0.145. The van der Waals surface area contributed by atoms with E-state index in [0.29, 0.717) is 0 Å². The number of nitrogens with zero attached hydrogens (tertiary/aromatic N) is 1. The molecule has 0 aliphatic rings. The minimum atomic E-state index is -3.63. The molecule has 0 saturated carbocycles. The van der Waals surface area contributed by atoms with Gasteiger partial charge in [-0.15, -0.1) is 0 Å². The van der Waals surface area contributed by atoms with E-state index in [4.69, 9.17) is 10.00 Å². The highest BCUT2D eigenvalue weighted by molar-refractivity contribution is 7.89. The molecule has 1 aromatic carbocycles. The Morgan fingerprint density at radius 2 is 2.00 bits per heavy atom. The summed E-state index contributed by atoms with van der Waals surface area (Å²) in [4.78, 5) is 11.4. The topological polar surface area (TPSA) is 96.3 Å². The van der Waals surface area contributed by atoms with Gasteiger partial charge in [-0.25, -0.2) is 13.1 Å². The molecule has 1 atom stereocenters. The molecule has 0 radical (unpaired) electrons. The maximum absolute atomic E-state index is 11.9. The molecule has 6 nitrogen and oxygen atoms in total. The van der Waals surface area contributed by atoms with Gasteiger partial charge in [-0.05, 0) is 26.0 Å². The summed E-state index contributed by atoms with van der Waals surface area (Å²) in [6.07, 6.45) is -0.965. The summed E-state index contributed by atoms with van der Waals surface area (Å²) in [7, 11) is -3.63. The van der Waals surface area contributed by atoms with Gasteiger partial charge in [0.25, 0.3) is 0 Å². The summed E-state index contributed by atoms with van der Waals surface area (Å²) >= 11 is 0. The number of carbonyl (C=O) groups excluding carboxylic acids is 1. The first-order valence-corrected chi connectivity index (χ1v) is 7.49. The van der Waals surface area contributed by atoms with Gasteiger partial charge >= 0.3 is 5.97 Å². The van der Waals surface area contributed by atoms with Crippen LogP contribution in [0.4, 0.5) is 0 Å². The lowest BCUT2D eigenvalue weighted by Gasteiger charge is -2.08. The first-order chi connectivity index (χ1) is 9.35. The van der Waals surface area contributed by atoms with Crippen molar-refractivity contribution in [2.75, 3.05) is 6.54 Å². The van der Waals surface area contributed by atoms with E-state index in [2.05, 4.69) is 4.72 Å². The van der Waals surface area contributed by atoms with Crippen molar-refractivity contribution in [1.82, 2.24) is 4.72 Å². The molecular weight excluding hydrogens is 280 g/mol. The van der Waals surface area contributed by atoms with Crippen LogP contribution in [0.3, 0.4) is 0 Å². The number of aryl methyl sites for hydroxylation is 1. The molecule has 0 amide bonds. The van der Waals surface area contributed by atoms with Crippen molar-refractivity contribution in [3.63, 3.8) is 0 Å². The van der Waals surface area contributed by atoms with Crippen molar-refractivity contribution in [2.24, 2.45) is 0 Å². The Morgan fingerprint density at radius 3 is 2.55 bits per heavy atom. The van der Waals surface area contributed by atoms with Crippen molar-refractivity contribution in [3.05, 3.63) is 29.8 Å². The average molecular weight is 296 g/mol. The summed E-state index contributed by atoms with van der Waals surface area (Å²) < 4.78 is 30.8. The largest absolute Gasteiger partial charge is 0.447 e. The molecule has 20 heavy (non-hydrogen) atoms. The highest BCUT2D eigenvalue weighted by atomic mass is 32.2. The highest BCUT2D eigenvalue weighted by Crippen LogP contribution is 2.09. The van der Waals surface area contributed by atoms with Gasteiger partial charge in [-0.2, -0.15) is 5.26 Å². The molecule has 0 aromatic heterocycles. The third-order valence-corrected chi connectivity index (χ3v) is 3.92. The van der Waals surface area contributed by atoms with Gasteiger partial charge in [0.2, 0.25) is 10.0 Å². The first-order valence-electron chi connectivity index (χ1n) is 6.00. The number of rotatable bonds is 6. The van der Waals surface area contributed by atoms with Crippen LogP contribution in [0.1, 0.15) is 18.9 Å². The molecule has 1 rings (SSSR count). The standard InChI is InChI=1S/C13H16N2O4S/c1-10-3-5-12(6-4-10)20(17,18)15-8-7-13(16)19-11(2)9-14/h3-6,11,15H,7-8H2,1-2H3/t11-/m0/s1. The van der Waals surface area contributed by atoms with Crippen molar-refractivity contribution < 1.29 is 17.9 Å². The molecule has 7 heteroatoms. The smallest absolute Gasteiger partial charge is 0.308 e. The summed E-state index contributed by atoms with van der Waals surface area (Å²) in [6, 6.07) is 8.12. The van der Waals surface area contributed by atoms with Crippen LogP contribution in [-0.2, 0) is 19.6 Å². The van der Waals surface area contributed by atoms with Gasteiger partial charge in [0.1, 0.15) is 6.07 Å². The van der Waals surface area contributed by atoms with E-state index in [1.807, 2.05) is 6.92 Å². The zero-order valence-electron chi connectivity index (χ0n) is 11.3. The Bertz CT molecular complexity index is 602. The fourth-order valence-corrected chi connectivity index (χ4v) is 2.40. The molecule has 0 heterocycles. The molecule has 108 valence electrons. The van der Waals surface area contributed by atoms with Crippen LogP contribution in [0.5, 0.6) is 0 Å². The monoisotopic (exact) mass is 296 g/mol. The number of hydrogen-bond acceptors (Lipinski definition) is 5. The Morgan fingerprint density at radius 1 is 1.40 bits per heavy atom. The lowest BCUT2D eigenvalue weighted by atomic mass is 10.2. The van der Waals surface area contributed by atoms with Gasteiger partial charge in [0.05, 0.1) is 11.3 Å². The van der Waals surface area contributed by atoms with E-state index in [0.717, 1.165) is 5.56 Å². The van der Waals surface area contributed by atoms with Crippen molar-refractivity contribution in [1.29, 1.82) is 5.26 Å². The van der Waals surface area contributed by atoms with Gasteiger partial charge in [-0.1, -0.05) is 17.7 Å². The van der Waals surface area contributed by atoms with Crippen molar-refractivity contribution in [3.8, 4) is 6.07 Å². The number of carbonyl (C=O) groups is 1. The van der Waals surface area contributed by atoms with E-state index >= 15 is 0 Å². The molecule has 0 bridgehead atoms. The second-order valence-corrected chi connectivity index (χ2v) is 5.99. The second-order valence-electron chi connectivity index (χ2n) is 4.22. The predicted molar refractivity (Wildman–Crippen MR) is 72.2 cm³/mol. The Balaban J connectivity index is 2.51. The van der Waals surface area contributed by atoms with Gasteiger partial charge in [0, 0.05) is 6.54 Å². The molecule has 0 aliphatic heterocycles. The van der Waals surface area contributed by atoms with Crippen molar-refractivity contribution in [2.45, 2.75) is 31.3 Å².